The largest absolute Gasteiger partial charge is 0.304 e. The van der Waals surface area contributed by atoms with Crippen molar-refractivity contribution in [3.05, 3.63) is 64.7 Å². The number of carbonyl (C=O) groups is 3. The van der Waals surface area contributed by atoms with Crippen molar-refractivity contribution in [1.82, 2.24) is 10.3 Å². The third kappa shape index (κ3) is 3.08. The monoisotopic (exact) mass is 422 g/mol. The van der Waals surface area contributed by atoms with Gasteiger partial charge in [-0.3, -0.25) is 14.4 Å². The maximum absolute atomic E-state index is 13.9. The minimum absolute atomic E-state index is 0.232. The van der Waals surface area contributed by atoms with Gasteiger partial charge in [-0.1, -0.05) is 48.0 Å². The van der Waals surface area contributed by atoms with Crippen LogP contribution >= 0.6 is 11.8 Å². The van der Waals surface area contributed by atoms with E-state index in [9.17, 15) is 14.4 Å². The van der Waals surface area contributed by atoms with Crippen molar-refractivity contribution in [2.75, 3.05) is 4.90 Å². The van der Waals surface area contributed by atoms with E-state index in [1.165, 1.54) is 18.9 Å². The molecular formula is C22H22N4O3S. The number of hydrogen-bond acceptors (Lipinski definition) is 5. The number of thioether (sulfide) groups is 1. The van der Waals surface area contributed by atoms with Gasteiger partial charge in [0.05, 0.1) is 12.2 Å². The second-order valence-corrected chi connectivity index (χ2v) is 8.69. The summed E-state index contributed by atoms with van der Waals surface area (Å²) < 4.78 is 0. The molecule has 2 aliphatic heterocycles. The summed E-state index contributed by atoms with van der Waals surface area (Å²) in [4.78, 5) is 38.3. The van der Waals surface area contributed by atoms with Crippen LogP contribution in [0.3, 0.4) is 0 Å². The predicted molar refractivity (Wildman–Crippen MR) is 117 cm³/mol. The van der Waals surface area contributed by atoms with Gasteiger partial charge in [0.2, 0.25) is 16.7 Å². The van der Waals surface area contributed by atoms with Gasteiger partial charge in [-0.05, 0) is 36.7 Å². The van der Waals surface area contributed by atoms with Gasteiger partial charge in [0.1, 0.15) is 0 Å². The number of benzene rings is 2. The minimum Gasteiger partial charge on any atom is -0.304 e. The first-order valence-corrected chi connectivity index (χ1v) is 10.4. The number of para-hydroxylation sites is 1. The molecule has 30 heavy (non-hydrogen) atoms. The Morgan fingerprint density at radius 1 is 1.10 bits per heavy atom. The number of hydrogen-bond donors (Lipinski definition) is 1. The molecule has 3 amide bonds. The molecule has 154 valence electrons. The molecule has 2 aromatic rings. The number of rotatable bonds is 2. The molecule has 0 radical (unpaired) electrons. The van der Waals surface area contributed by atoms with E-state index in [1.54, 1.807) is 4.90 Å². The second-order valence-electron chi connectivity index (χ2n) is 7.51. The SMILES string of the molecule is CC(=O)NC1=NN(C(C)=O)C2(S1)C(=O)N(Cc1ccc(C)cc1)c1c(C)cccc12. The van der Waals surface area contributed by atoms with Crippen molar-refractivity contribution in [3.8, 4) is 0 Å². The smallest absolute Gasteiger partial charge is 0.271 e. The van der Waals surface area contributed by atoms with Crippen molar-refractivity contribution in [2.45, 2.75) is 39.1 Å². The summed E-state index contributed by atoms with van der Waals surface area (Å²) in [5.74, 6) is -0.939. The molecule has 2 aromatic carbocycles. The van der Waals surface area contributed by atoms with Crippen LogP contribution < -0.4 is 10.2 Å². The highest BCUT2D eigenvalue weighted by molar-refractivity contribution is 8.15. The molecule has 1 atom stereocenters. The Bertz CT molecular complexity index is 1100. The van der Waals surface area contributed by atoms with Gasteiger partial charge < -0.3 is 10.2 Å². The van der Waals surface area contributed by atoms with Crippen molar-refractivity contribution in [1.29, 1.82) is 0 Å². The Labute approximate surface area is 179 Å². The summed E-state index contributed by atoms with van der Waals surface area (Å²) >= 11 is 1.09. The lowest BCUT2D eigenvalue weighted by atomic mass is 10.0. The number of hydrazone groups is 1. The quantitative estimate of drug-likeness (QED) is 0.807. The molecule has 2 heterocycles. The fraction of sp³-hybridized carbons (Fsp3) is 0.273. The molecule has 1 N–H and O–H groups in total. The van der Waals surface area contributed by atoms with Crippen LogP contribution in [-0.2, 0) is 25.8 Å². The minimum atomic E-state index is -1.37. The average molecular weight is 423 g/mol. The number of amides is 3. The molecule has 2 aliphatic rings. The second kappa shape index (κ2) is 7.28. The molecule has 0 aromatic heterocycles. The van der Waals surface area contributed by atoms with Gasteiger partial charge in [0, 0.05) is 19.4 Å². The Morgan fingerprint density at radius 2 is 1.80 bits per heavy atom. The highest BCUT2D eigenvalue weighted by atomic mass is 32.2. The van der Waals surface area contributed by atoms with Gasteiger partial charge in [0.25, 0.3) is 5.91 Å². The molecule has 0 saturated heterocycles. The Hall–Kier alpha value is -3.13. The zero-order valence-corrected chi connectivity index (χ0v) is 18.0. The molecular weight excluding hydrogens is 400 g/mol. The highest BCUT2D eigenvalue weighted by Crippen LogP contribution is 2.55. The summed E-state index contributed by atoms with van der Waals surface area (Å²) in [6.45, 7) is 7.07. The molecule has 7 nitrogen and oxygen atoms in total. The molecule has 1 unspecified atom stereocenters. The van der Waals surface area contributed by atoms with E-state index in [1.807, 2.05) is 56.3 Å². The van der Waals surface area contributed by atoms with Crippen molar-refractivity contribution in [2.24, 2.45) is 5.10 Å². The van der Waals surface area contributed by atoms with E-state index in [4.69, 9.17) is 0 Å². The molecule has 0 fully saturated rings. The van der Waals surface area contributed by atoms with E-state index in [0.29, 0.717) is 12.1 Å². The van der Waals surface area contributed by atoms with Crippen LogP contribution in [0.5, 0.6) is 0 Å². The molecule has 8 heteroatoms. The number of aryl methyl sites for hydroxylation is 2. The standard InChI is InChI=1S/C22H22N4O3S/c1-13-8-10-17(11-9-13)12-25-19-14(2)6-5-7-18(19)22(20(25)29)26(16(4)28)24-21(30-22)23-15(3)27/h5-11H,12H2,1-4H3,(H,23,24,27). The van der Waals surface area contributed by atoms with Crippen molar-refractivity contribution in [3.63, 3.8) is 0 Å². The fourth-order valence-electron chi connectivity index (χ4n) is 3.88. The average Bonchev–Trinajstić information content (AvgIpc) is 3.16. The van der Waals surface area contributed by atoms with Crippen LogP contribution in [0.2, 0.25) is 0 Å². The summed E-state index contributed by atoms with van der Waals surface area (Å²) in [7, 11) is 0. The zero-order chi connectivity index (χ0) is 21.6. The van der Waals surface area contributed by atoms with E-state index in [2.05, 4.69) is 10.4 Å². The first-order chi connectivity index (χ1) is 14.2. The van der Waals surface area contributed by atoms with Crippen LogP contribution in [0.1, 0.15) is 36.1 Å². The summed E-state index contributed by atoms with van der Waals surface area (Å²) in [6.07, 6.45) is 0. The zero-order valence-electron chi connectivity index (χ0n) is 17.2. The Morgan fingerprint density at radius 3 is 2.43 bits per heavy atom. The number of nitrogens with zero attached hydrogens (tertiary/aromatic N) is 3. The molecule has 0 bridgehead atoms. The summed E-state index contributed by atoms with van der Waals surface area (Å²) in [6, 6.07) is 13.7. The third-order valence-corrected chi connectivity index (χ3v) is 6.42. The highest BCUT2D eigenvalue weighted by Gasteiger charge is 2.61. The number of amidine groups is 1. The van der Waals surface area contributed by atoms with Gasteiger partial charge in [-0.2, -0.15) is 5.01 Å². The van der Waals surface area contributed by atoms with E-state index in [0.717, 1.165) is 34.1 Å². The predicted octanol–water partition coefficient (Wildman–Crippen LogP) is 3.01. The van der Waals surface area contributed by atoms with E-state index >= 15 is 0 Å². The number of anilines is 1. The van der Waals surface area contributed by atoms with Gasteiger partial charge in [-0.25, -0.2) is 0 Å². The molecule has 1 spiro atoms. The van der Waals surface area contributed by atoms with Crippen molar-refractivity contribution >= 4 is 40.3 Å². The Kier molecular flexibility index (Phi) is 4.89. The lowest BCUT2D eigenvalue weighted by molar-refractivity contribution is -0.139. The van der Waals surface area contributed by atoms with E-state index in [-0.39, 0.29) is 22.9 Å². The fourth-order valence-corrected chi connectivity index (χ4v) is 5.20. The van der Waals surface area contributed by atoms with E-state index < -0.39 is 4.87 Å². The molecule has 0 saturated carbocycles. The maximum atomic E-state index is 13.9. The van der Waals surface area contributed by atoms with Crippen LogP contribution in [0.4, 0.5) is 5.69 Å². The van der Waals surface area contributed by atoms with Crippen LogP contribution in [-0.4, -0.2) is 27.9 Å². The molecule has 0 aliphatic carbocycles. The third-order valence-electron chi connectivity index (χ3n) is 5.18. The van der Waals surface area contributed by atoms with Crippen LogP contribution in [0.25, 0.3) is 0 Å². The van der Waals surface area contributed by atoms with Gasteiger partial charge in [0.15, 0.2) is 5.17 Å². The lowest BCUT2D eigenvalue weighted by Crippen LogP contribution is -2.48. The topological polar surface area (TPSA) is 82.1 Å². The number of nitrogens with one attached hydrogen (secondary N) is 1. The first kappa shape index (κ1) is 20.2. The van der Waals surface area contributed by atoms with Crippen molar-refractivity contribution < 1.29 is 14.4 Å². The normalized spacial score (nSPS) is 19.9. The maximum Gasteiger partial charge on any atom is 0.271 e. The Balaban J connectivity index is 1.83. The van der Waals surface area contributed by atoms with Crippen LogP contribution in [0.15, 0.2) is 47.6 Å². The summed E-state index contributed by atoms with van der Waals surface area (Å²) in [5.41, 5.74) is 4.54. The summed E-state index contributed by atoms with van der Waals surface area (Å²) in [5, 5.41) is 8.33. The number of fused-ring (bicyclic) bond motifs is 2. The number of carbonyl (C=O) groups excluding carboxylic acids is 3. The van der Waals surface area contributed by atoms with Gasteiger partial charge >= 0.3 is 0 Å². The molecule has 4 rings (SSSR count). The van der Waals surface area contributed by atoms with Crippen LogP contribution in [0, 0.1) is 13.8 Å². The van der Waals surface area contributed by atoms with Gasteiger partial charge in [-0.15, -0.1) is 5.10 Å². The first-order valence-electron chi connectivity index (χ1n) is 9.57. The lowest BCUT2D eigenvalue weighted by Gasteiger charge is -2.29.